The molecular weight excluding hydrogens is 923 g/mol. The summed E-state index contributed by atoms with van der Waals surface area (Å²) in [5.41, 5.74) is 0. The molecular formula is C69H133NO5. The Morgan fingerprint density at radius 3 is 1.03 bits per heavy atom. The van der Waals surface area contributed by atoms with Gasteiger partial charge in [-0.3, -0.25) is 9.59 Å². The molecule has 0 bridgehead atoms. The molecule has 0 saturated heterocycles. The van der Waals surface area contributed by atoms with Crippen LogP contribution in [0.2, 0.25) is 0 Å². The molecule has 0 aromatic heterocycles. The molecule has 3 N–H and O–H groups in total. The molecule has 1 amide bonds. The Morgan fingerprint density at radius 1 is 0.373 bits per heavy atom. The molecule has 75 heavy (non-hydrogen) atoms. The van der Waals surface area contributed by atoms with Gasteiger partial charge in [-0.05, 0) is 57.8 Å². The first-order chi connectivity index (χ1) is 37.0. The number of hydrogen-bond acceptors (Lipinski definition) is 5. The Hall–Kier alpha value is -1.66. The average molecular weight is 1060 g/mol. The van der Waals surface area contributed by atoms with Crippen molar-refractivity contribution >= 4 is 11.9 Å². The number of amides is 1. The Bertz CT molecular complexity index is 1170. The number of allylic oxidation sites excluding steroid dienone is 4. The number of carbonyl (C=O) groups excluding carboxylic acids is 2. The van der Waals surface area contributed by atoms with E-state index in [4.69, 9.17) is 4.74 Å². The Balaban J connectivity index is 3.35. The molecule has 0 heterocycles. The van der Waals surface area contributed by atoms with Gasteiger partial charge in [-0.25, -0.2) is 0 Å². The third kappa shape index (κ3) is 61.4. The lowest BCUT2D eigenvalue weighted by atomic mass is 10.0. The third-order valence-corrected chi connectivity index (χ3v) is 16.0. The summed E-state index contributed by atoms with van der Waals surface area (Å²) < 4.78 is 5.50. The quantitative estimate of drug-likeness (QED) is 0.0320. The predicted octanol–water partition coefficient (Wildman–Crippen LogP) is 21.8. The third-order valence-electron chi connectivity index (χ3n) is 16.0. The molecule has 0 aliphatic heterocycles. The van der Waals surface area contributed by atoms with Crippen molar-refractivity contribution in [1.82, 2.24) is 5.32 Å². The highest BCUT2D eigenvalue weighted by Gasteiger charge is 2.20. The van der Waals surface area contributed by atoms with E-state index in [0.717, 1.165) is 51.4 Å². The van der Waals surface area contributed by atoms with E-state index in [0.29, 0.717) is 25.9 Å². The fourth-order valence-electron chi connectivity index (χ4n) is 10.8. The van der Waals surface area contributed by atoms with Crippen molar-refractivity contribution in [3.63, 3.8) is 0 Å². The zero-order chi connectivity index (χ0) is 54.3. The van der Waals surface area contributed by atoms with Crippen molar-refractivity contribution < 1.29 is 24.5 Å². The molecule has 6 nitrogen and oxygen atoms in total. The summed E-state index contributed by atoms with van der Waals surface area (Å²) in [6.07, 6.45) is 80.7. The van der Waals surface area contributed by atoms with Crippen molar-refractivity contribution in [2.75, 3.05) is 13.2 Å². The molecule has 0 aliphatic carbocycles. The van der Waals surface area contributed by atoms with Gasteiger partial charge in [-0.1, -0.05) is 334 Å². The van der Waals surface area contributed by atoms with Gasteiger partial charge in [0.15, 0.2) is 0 Å². The number of hydrogen-bond donors (Lipinski definition) is 3. The molecule has 0 aliphatic rings. The van der Waals surface area contributed by atoms with E-state index < -0.39 is 12.1 Å². The SMILES string of the molecule is CCCCCC/C=C\C/C=C\CCCCCCCCCC(=O)OCCCCCCCCCCCCCCCCCCCCCCCCCCCC(=O)NC(CO)C(O)CCCCCCCCCCCCCCCCC. The second-order valence-electron chi connectivity index (χ2n) is 23.5. The summed E-state index contributed by atoms with van der Waals surface area (Å²) in [7, 11) is 0. The number of aliphatic hydroxyl groups is 2. The zero-order valence-electron chi connectivity index (χ0n) is 50.8. The van der Waals surface area contributed by atoms with Crippen molar-refractivity contribution in [2.24, 2.45) is 0 Å². The van der Waals surface area contributed by atoms with E-state index >= 15 is 0 Å². The van der Waals surface area contributed by atoms with Crippen LogP contribution in [0.1, 0.15) is 380 Å². The van der Waals surface area contributed by atoms with Crippen LogP contribution < -0.4 is 5.32 Å². The first-order valence-corrected chi connectivity index (χ1v) is 34.1. The summed E-state index contributed by atoms with van der Waals surface area (Å²) in [5.74, 6) is -0.0209. The van der Waals surface area contributed by atoms with E-state index in [1.54, 1.807) is 0 Å². The van der Waals surface area contributed by atoms with Crippen LogP contribution >= 0.6 is 0 Å². The highest BCUT2D eigenvalue weighted by atomic mass is 16.5. The van der Waals surface area contributed by atoms with Crippen LogP contribution in [0.3, 0.4) is 0 Å². The maximum absolute atomic E-state index is 12.5. The Kier molecular flexibility index (Phi) is 63.4. The number of rotatable bonds is 64. The Morgan fingerprint density at radius 2 is 0.667 bits per heavy atom. The van der Waals surface area contributed by atoms with Crippen molar-refractivity contribution in [2.45, 2.75) is 392 Å². The number of carbonyl (C=O) groups is 2. The van der Waals surface area contributed by atoms with Gasteiger partial charge in [-0.2, -0.15) is 0 Å². The van der Waals surface area contributed by atoms with E-state index in [2.05, 4.69) is 43.5 Å². The average Bonchev–Trinajstić information content (AvgIpc) is 3.41. The molecule has 0 aromatic carbocycles. The summed E-state index contributed by atoms with van der Waals surface area (Å²) in [4.78, 5) is 24.6. The van der Waals surface area contributed by atoms with Crippen LogP contribution in [0, 0.1) is 0 Å². The highest BCUT2D eigenvalue weighted by molar-refractivity contribution is 5.76. The smallest absolute Gasteiger partial charge is 0.305 e. The van der Waals surface area contributed by atoms with E-state index in [1.165, 1.54) is 295 Å². The zero-order valence-corrected chi connectivity index (χ0v) is 50.8. The minimum Gasteiger partial charge on any atom is -0.466 e. The predicted molar refractivity (Wildman–Crippen MR) is 329 cm³/mol. The minimum atomic E-state index is -0.663. The normalized spacial score (nSPS) is 12.6. The molecule has 0 rings (SSSR count). The molecule has 0 saturated carbocycles. The number of ether oxygens (including phenoxy) is 1. The first-order valence-electron chi connectivity index (χ1n) is 34.1. The van der Waals surface area contributed by atoms with Gasteiger partial charge in [0.1, 0.15) is 0 Å². The lowest BCUT2D eigenvalue weighted by molar-refractivity contribution is -0.143. The summed E-state index contributed by atoms with van der Waals surface area (Å²) in [6, 6.07) is -0.540. The van der Waals surface area contributed by atoms with Crippen LogP contribution in [0.5, 0.6) is 0 Å². The second-order valence-corrected chi connectivity index (χ2v) is 23.5. The van der Waals surface area contributed by atoms with E-state index in [9.17, 15) is 19.8 Å². The van der Waals surface area contributed by atoms with Gasteiger partial charge in [0.25, 0.3) is 0 Å². The number of aliphatic hydroxyl groups excluding tert-OH is 2. The maximum atomic E-state index is 12.5. The van der Waals surface area contributed by atoms with E-state index in [1.807, 2.05) is 0 Å². The van der Waals surface area contributed by atoms with Gasteiger partial charge in [0, 0.05) is 12.8 Å². The second kappa shape index (κ2) is 64.9. The molecule has 0 fully saturated rings. The Labute approximate surface area is 469 Å². The summed E-state index contributed by atoms with van der Waals surface area (Å²) in [6.45, 7) is 4.96. The van der Waals surface area contributed by atoms with Crippen molar-refractivity contribution in [1.29, 1.82) is 0 Å². The van der Waals surface area contributed by atoms with E-state index in [-0.39, 0.29) is 18.5 Å². The summed E-state index contributed by atoms with van der Waals surface area (Å²) in [5, 5.41) is 23.3. The van der Waals surface area contributed by atoms with Crippen molar-refractivity contribution in [3.05, 3.63) is 24.3 Å². The largest absolute Gasteiger partial charge is 0.466 e. The number of esters is 1. The van der Waals surface area contributed by atoms with Gasteiger partial charge in [0.2, 0.25) is 5.91 Å². The fraction of sp³-hybridized carbons (Fsp3) is 0.913. The lowest BCUT2D eigenvalue weighted by Crippen LogP contribution is -2.45. The monoisotopic (exact) mass is 1060 g/mol. The lowest BCUT2D eigenvalue weighted by Gasteiger charge is -2.22. The molecule has 0 radical (unpaired) electrons. The van der Waals surface area contributed by atoms with Gasteiger partial charge < -0.3 is 20.3 Å². The van der Waals surface area contributed by atoms with Crippen LogP contribution in [-0.4, -0.2) is 47.4 Å². The summed E-state index contributed by atoms with van der Waals surface area (Å²) >= 11 is 0. The van der Waals surface area contributed by atoms with Crippen LogP contribution in [0.25, 0.3) is 0 Å². The molecule has 2 atom stereocenters. The number of unbranched alkanes of at least 4 members (excludes halogenated alkanes) is 49. The van der Waals surface area contributed by atoms with Crippen LogP contribution in [0.4, 0.5) is 0 Å². The first kappa shape index (κ1) is 73.3. The van der Waals surface area contributed by atoms with Gasteiger partial charge >= 0.3 is 5.97 Å². The molecule has 444 valence electrons. The van der Waals surface area contributed by atoms with Crippen molar-refractivity contribution in [3.8, 4) is 0 Å². The fourth-order valence-corrected chi connectivity index (χ4v) is 10.8. The number of nitrogens with one attached hydrogen (secondary N) is 1. The van der Waals surface area contributed by atoms with Gasteiger partial charge in [-0.15, -0.1) is 0 Å². The molecule has 0 spiro atoms. The highest BCUT2D eigenvalue weighted by Crippen LogP contribution is 2.19. The van der Waals surface area contributed by atoms with Crippen LogP contribution in [0.15, 0.2) is 24.3 Å². The topological polar surface area (TPSA) is 95.9 Å². The van der Waals surface area contributed by atoms with Crippen LogP contribution in [-0.2, 0) is 14.3 Å². The molecule has 2 unspecified atom stereocenters. The minimum absolute atomic E-state index is 0.00975. The standard InChI is InChI=1S/C69H133NO5/c1-3-5-7-9-11-13-15-17-19-20-31-35-39-43-47-51-55-59-63-69(74)75-64-60-56-52-48-44-40-36-32-29-27-25-23-21-22-24-26-28-30-34-38-42-46-50-54-58-62-68(73)70-66(65-71)67(72)61-57-53-49-45-41-37-33-18-16-14-12-10-8-6-4-2/h13,15,19-20,66-67,71-72H,3-12,14,16-18,21-65H2,1-2H3,(H,70,73)/b15-13-,20-19-. The van der Waals surface area contributed by atoms with Gasteiger partial charge in [0.05, 0.1) is 25.4 Å². The molecule has 0 aromatic rings. The molecule has 6 heteroatoms. The maximum Gasteiger partial charge on any atom is 0.305 e.